The van der Waals surface area contributed by atoms with Crippen LogP contribution in [0, 0.1) is 11.3 Å². The normalized spacial score (nSPS) is 28.1. The predicted octanol–water partition coefficient (Wildman–Crippen LogP) is 2.51. The van der Waals surface area contributed by atoms with Crippen LogP contribution >= 0.6 is 0 Å². The molecule has 1 saturated carbocycles. The maximum absolute atomic E-state index is 12.1. The summed E-state index contributed by atoms with van der Waals surface area (Å²) in [6, 6.07) is 9.73. The van der Waals surface area contributed by atoms with E-state index in [4.69, 9.17) is 4.74 Å². The number of ether oxygens (including phenoxy) is 1. The molecular weight excluding hydrogens is 238 g/mol. The standard InChI is InChI=1S/C16H21NO2/c1-12-10-17-14(9-16(12)7-8-16)15(18)19-11-13-5-3-2-4-6-13/h2-6,12,14,17H,7-11H2,1H3. The molecule has 3 rings (SSSR count). The Kier molecular flexibility index (Phi) is 3.31. The first kappa shape index (κ1) is 12.7. The first-order valence-electron chi connectivity index (χ1n) is 7.14. The van der Waals surface area contributed by atoms with Gasteiger partial charge in [0.25, 0.3) is 0 Å². The Morgan fingerprint density at radius 2 is 2.11 bits per heavy atom. The second kappa shape index (κ2) is 4.97. The van der Waals surface area contributed by atoms with Crippen molar-refractivity contribution < 1.29 is 9.53 Å². The molecular formula is C16H21NO2. The summed E-state index contributed by atoms with van der Waals surface area (Å²) in [6.07, 6.45) is 3.50. The van der Waals surface area contributed by atoms with E-state index in [1.807, 2.05) is 30.3 Å². The van der Waals surface area contributed by atoms with E-state index in [1.54, 1.807) is 0 Å². The van der Waals surface area contributed by atoms with Crippen LogP contribution < -0.4 is 5.32 Å². The number of carbonyl (C=O) groups is 1. The van der Waals surface area contributed by atoms with Crippen molar-refractivity contribution in [2.75, 3.05) is 6.54 Å². The van der Waals surface area contributed by atoms with Gasteiger partial charge in [-0.2, -0.15) is 0 Å². The van der Waals surface area contributed by atoms with Gasteiger partial charge in [-0.25, -0.2) is 0 Å². The zero-order chi connectivity index (χ0) is 13.3. The van der Waals surface area contributed by atoms with Gasteiger partial charge < -0.3 is 10.1 Å². The second-order valence-electron chi connectivity index (χ2n) is 6.02. The van der Waals surface area contributed by atoms with Gasteiger partial charge in [-0.15, -0.1) is 0 Å². The minimum Gasteiger partial charge on any atom is -0.460 e. The zero-order valence-corrected chi connectivity index (χ0v) is 11.4. The highest BCUT2D eigenvalue weighted by molar-refractivity contribution is 5.76. The first-order valence-corrected chi connectivity index (χ1v) is 7.14. The maximum atomic E-state index is 12.1. The van der Waals surface area contributed by atoms with Crippen LogP contribution in [0.4, 0.5) is 0 Å². The summed E-state index contributed by atoms with van der Waals surface area (Å²) in [5.74, 6) is 0.590. The largest absolute Gasteiger partial charge is 0.460 e. The van der Waals surface area contributed by atoms with Crippen LogP contribution in [0.1, 0.15) is 31.7 Å². The van der Waals surface area contributed by atoms with Crippen LogP contribution in [0.3, 0.4) is 0 Å². The molecule has 1 aromatic carbocycles. The van der Waals surface area contributed by atoms with Crippen molar-refractivity contribution in [3.8, 4) is 0 Å². The van der Waals surface area contributed by atoms with Gasteiger partial charge in [0.2, 0.25) is 0 Å². The van der Waals surface area contributed by atoms with Gasteiger partial charge >= 0.3 is 5.97 Å². The molecule has 2 unspecified atom stereocenters. The molecule has 1 aromatic rings. The van der Waals surface area contributed by atoms with Gasteiger partial charge in [0, 0.05) is 0 Å². The highest BCUT2D eigenvalue weighted by Crippen LogP contribution is 2.56. The molecule has 0 radical (unpaired) electrons. The van der Waals surface area contributed by atoms with Gasteiger partial charge in [-0.3, -0.25) is 4.79 Å². The Morgan fingerprint density at radius 3 is 2.79 bits per heavy atom. The molecule has 0 amide bonds. The summed E-state index contributed by atoms with van der Waals surface area (Å²) in [5.41, 5.74) is 1.47. The Hall–Kier alpha value is -1.35. The lowest BCUT2D eigenvalue weighted by Gasteiger charge is -2.34. The van der Waals surface area contributed by atoms with Gasteiger partial charge in [0.15, 0.2) is 0 Å². The van der Waals surface area contributed by atoms with Crippen LogP contribution in [0.5, 0.6) is 0 Å². The summed E-state index contributed by atoms with van der Waals surface area (Å²) >= 11 is 0. The Balaban J connectivity index is 1.53. The van der Waals surface area contributed by atoms with Crippen LogP contribution in [0.2, 0.25) is 0 Å². The highest BCUT2D eigenvalue weighted by atomic mass is 16.5. The van der Waals surface area contributed by atoms with Crippen molar-refractivity contribution in [3.63, 3.8) is 0 Å². The average molecular weight is 259 g/mol. The SMILES string of the molecule is CC1CNC(C(=O)OCc2ccccc2)CC12CC2. The molecule has 1 heterocycles. The Morgan fingerprint density at radius 1 is 1.37 bits per heavy atom. The summed E-state index contributed by atoms with van der Waals surface area (Å²) < 4.78 is 5.42. The quantitative estimate of drug-likeness (QED) is 0.848. The molecule has 1 N–H and O–H groups in total. The van der Waals surface area contributed by atoms with Crippen LogP contribution in [0.25, 0.3) is 0 Å². The Labute approximate surface area is 114 Å². The number of hydrogen-bond acceptors (Lipinski definition) is 3. The van der Waals surface area contributed by atoms with Crippen molar-refractivity contribution in [1.29, 1.82) is 0 Å². The van der Waals surface area contributed by atoms with Gasteiger partial charge in [0.05, 0.1) is 0 Å². The molecule has 1 aliphatic heterocycles. The molecule has 1 spiro atoms. The number of hydrogen-bond donors (Lipinski definition) is 1. The highest BCUT2D eigenvalue weighted by Gasteiger charge is 2.52. The van der Waals surface area contributed by atoms with Crippen molar-refractivity contribution in [3.05, 3.63) is 35.9 Å². The zero-order valence-electron chi connectivity index (χ0n) is 11.4. The van der Waals surface area contributed by atoms with Crippen molar-refractivity contribution >= 4 is 5.97 Å². The van der Waals surface area contributed by atoms with E-state index in [0.29, 0.717) is 17.9 Å². The number of piperidine rings is 1. The molecule has 2 fully saturated rings. The van der Waals surface area contributed by atoms with E-state index < -0.39 is 0 Å². The summed E-state index contributed by atoms with van der Waals surface area (Å²) in [4.78, 5) is 12.1. The van der Waals surface area contributed by atoms with E-state index in [2.05, 4.69) is 12.2 Å². The van der Waals surface area contributed by atoms with E-state index in [0.717, 1.165) is 18.5 Å². The third kappa shape index (κ3) is 2.66. The van der Waals surface area contributed by atoms with E-state index in [9.17, 15) is 4.79 Å². The first-order chi connectivity index (χ1) is 9.20. The number of rotatable bonds is 3. The third-order valence-electron chi connectivity index (χ3n) is 4.73. The molecule has 3 nitrogen and oxygen atoms in total. The summed E-state index contributed by atoms with van der Waals surface area (Å²) in [7, 11) is 0. The van der Waals surface area contributed by atoms with Crippen LogP contribution in [-0.2, 0) is 16.1 Å². The predicted molar refractivity (Wildman–Crippen MR) is 73.5 cm³/mol. The van der Waals surface area contributed by atoms with E-state index in [1.165, 1.54) is 12.8 Å². The smallest absolute Gasteiger partial charge is 0.323 e. The van der Waals surface area contributed by atoms with Crippen molar-refractivity contribution in [2.24, 2.45) is 11.3 Å². The molecule has 19 heavy (non-hydrogen) atoms. The number of nitrogens with one attached hydrogen (secondary N) is 1. The third-order valence-corrected chi connectivity index (χ3v) is 4.73. The van der Waals surface area contributed by atoms with Crippen LogP contribution in [0.15, 0.2) is 30.3 Å². The minimum absolute atomic E-state index is 0.0953. The van der Waals surface area contributed by atoms with Crippen molar-refractivity contribution in [2.45, 2.75) is 38.8 Å². The number of esters is 1. The molecule has 2 aliphatic rings. The minimum atomic E-state index is -0.109. The van der Waals surface area contributed by atoms with E-state index in [-0.39, 0.29) is 12.0 Å². The fourth-order valence-corrected chi connectivity index (χ4v) is 3.07. The lowest BCUT2D eigenvalue weighted by atomic mass is 9.81. The van der Waals surface area contributed by atoms with Crippen LogP contribution in [-0.4, -0.2) is 18.6 Å². The molecule has 0 bridgehead atoms. The number of benzene rings is 1. The maximum Gasteiger partial charge on any atom is 0.323 e. The molecule has 3 heteroatoms. The van der Waals surface area contributed by atoms with Crippen molar-refractivity contribution in [1.82, 2.24) is 5.32 Å². The van der Waals surface area contributed by atoms with E-state index >= 15 is 0 Å². The molecule has 1 aliphatic carbocycles. The Bertz CT molecular complexity index is 453. The monoisotopic (exact) mass is 259 g/mol. The topological polar surface area (TPSA) is 38.3 Å². The fourth-order valence-electron chi connectivity index (χ4n) is 3.07. The molecule has 2 atom stereocenters. The summed E-state index contributed by atoms with van der Waals surface area (Å²) in [6.45, 7) is 3.59. The number of carbonyl (C=O) groups excluding carboxylic acids is 1. The fraction of sp³-hybridized carbons (Fsp3) is 0.562. The average Bonchev–Trinajstić information content (AvgIpc) is 3.21. The van der Waals surface area contributed by atoms with Gasteiger partial charge in [0.1, 0.15) is 12.6 Å². The molecule has 0 aromatic heterocycles. The lowest BCUT2D eigenvalue weighted by molar-refractivity contribution is -0.149. The van der Waals surface area contributed by atoms with Gasteiger partial charge in [-0.05, 0) is 42.7 Å². The van der Waals surface area contributed by atoms with Gasteiger partial charge in [-0.1, -0.05) is 37.3 Å². The second-order valence-corrected chi connectivity index (χ2v) is 6.02. The summed E-state index contributed by atoms with van der Waals surface area (Å²) in [5, 5.41) is 3.33. The molecule has 1 saturated heterocycles. The molecule has 102 valence electrons. The lowest BCUT2D eigenvalue weighted by Crippen LogP contribution is -2.48.